The van der Waals surface area contributed by atoms with Gasteiger partial charge in [-0.05, 0) is 18.2 Å². The summed E-state index contributed by atoms with van der Waals surface area (Å²) in [4.78, 5) is 22.5. The molecule has 10 heteroatoms. The Morgan fingerprint density at radius 3 is 2.55 bits per heavy atom. The fraction of sp³-hybridized carbons (Fsp3) is 0.167. The summed E-state index contributed by atoms with van der Waals surface area (Å²) < 4.78 is 65.2. The number of carbonyl (C=O) groups is 2. The predicted octanol–water partition coefficient (Wildman–Crippen LogP) is 1.07. The lowest BCUT2D eigenvalue weighted by Gasteiger charge is -2.19. The minimum absolute atomic E-state index is 0.0810. The van der Waals surface area contributed by atoms with E-state index in [0.29, 0.717) is 0 Å². The van der Waals surface area contributed by atoms with Crippen LogP contribution in [0.25, 0.3) is 0 Å². The van der Waals surface area contributed by atoms with Gasteiger partial charge in [0.15, 0.2) is 16.7 Å². The molecule has 7 nitrogen and oxygen atoms in total. The molecule has 0 bridgehead atoms. The lowest BCUT2D eigenvalue weighted by Crippen LogP contribution is -2.34. The lowest BCUT2D eigenvalue weighted by atomic mass is 10.2. The van der Waals surface area contributed by atoms with Gasteiger partial charge in [0.1, 0.15) is 5.75 Å². The SMILES string of the molecule is C=CC(=O)Oc1cccc(C(=O)OCC(F)(F)S(=O)(=O)[O-])c1. The molecule has 0 aromatic heterocycles. The number of ether oxygens (including phenoxy) is 2. The predicted molar refractivity (Wildman–Crippen MR) is 67.2 cm³/mol. The molecule has 1 aromatic carbocycles. The maximum absolute atomic E-state index is 12.8. The molecule has 22 heavy (non-hydrogen) atoms. The molecule has 1 aromatic rings. The third-order valence-electron chi connectivity index (χ3n) is 2.19. The maximum Gasteiger partial charge on any atom is 0.367 e. The average molecular weight is 335 g/mol. The van der Waals surface area contributed by atoms with Crippen molar-refractivity contribution in [1.82, 2.24) is 0 Å². The van der Waals surface area contributed by atoms with E-state index in [1.807, 2.05) is 0 Å². The molecule has 0 unspecified atom stereocenters. The van der Waals surface area contributed by atoms with Gasteiger partial charge in [0.2, 0.25) is 0 Å². The first kappa shape index (κ1) is 17.7. The van der Waals surface area contributed by atoms with Crippen LogP contribution in [0.2, 0.25) is 0 Å². The first-order chi connectivity index (χ1) is 10.1. The number of rotatable bonds is 6. The Kier molecular flexibility index (Phi) is 5.33. The summed E-state index contributed by atoms with van der Waals surface area (Å²) in [5.41, 5.74) is -0.284. The van der Waals surface area contributed by atoms with Crippen LogP contribution in [0.5, 0.6) is 5.75 Å². The summed E-state index contributed by atoms with van der Waals surface area (Å²) in [6.45, 7) is 1.24. The fourth-order valence-electron chi connectivity index (χ4n) is 1.15. The average Bonchev–Trinajstić information content (AvgIpc) is 2.43. The number of alkyl halides is 2. The van der Waals surface area contributed by atoms with Gasteiger partial charge in [-0.2, -0.15) is 8.78 Å². The van der Waals surface area contributed by atoms with E-state index in [-0.39, 0.29) is 11.3 Å². The van der Waals surface area contributed by atoms with E-state index in [4.69, 9.17) is 4.74 Å². The number of halogens is 2. The number of hydrogen-bond donors (Lipinski definition) is 0. The Hall–Kier alpha value is -2.33. The lowest BCUT2D eigenvalue weighted by molar-refractivity contribution is -0.128. The Balaban J connectivity index is 2.80. The molecule has 1 rings (SSSR count). The minimum atomic E-state index is -5.95. The Bertz CT molecular complexity index is 697. The molecule has 0 spiro atoms. The van der Waals surface area contributed by atoms with Crippen molar-refractivity contribution >= 4 is 22.1 Å². The second-order valence-corrected chi connectivity index (χ2v) is 5.33. The monoisotopic (exact) mass is 335 g/mol. The van der Waals surface area contributed by atoms with E-state index < -0.39 is 33.9 Å². The molecule has 0 aliphatic heterocycles. The van der Waals surface area contributed by atoms with Gasteiger partial charge in [0.25, 0.3) is 0 Å². The van der Waals surface area contributed by atoms with Crippen molar-refractivity contribution in [2.45, 2.75) is 5.25 Å². The molecule has 0 N–H and O–H groups in total. The van der Waals surface area contributed by atoms with Crippen molar-refractivity contribution < 1.29 is 40.8 Å². The van der Waals surface area contributed by atoms with E-state index in [1.54, 1.807) is 0 Å². The Morgan fingerprint density at radius 1 is 1.36 bits per heavy atom. The molecule has 120 valence electrons. The first-order valence-corrected chi connectivity index (χ1v) is 6.92. The van der Waals surface area contributed by atoms with Gasteiger partial charge in [-0.1, -0.05) is 12.6 Å². The largest absolute Gasteiger partial charge is 0.743 e. The number of carbonyl (C=O) groups excluding carboxylic acids is 2. The van der Waals surface area contributed by atoms with Crippen molar-refractivity contribution in [1.29, 1.82) is 0 Å². The zero-order valence-corrected chi connectivity index (χ0v) is 11.6. The summed E-state index contributed by atoms with van der Waals surface area (Å²) in [5.74, 6) is -2.21. The summed E-state index contributed by atoms with van der Waals surface area (Å²) in [6.07, 6.45) is 0.866. The van der Waals surface area contributed by atoms with Gasteiger partial charge in [0, 0.05) is 6.08 Å². The van der Waals surface area contributed by atoms with E-state index in [9.17, 15) is 31.3 Å². The molecule has 0 radical (unpaired) electrons. The van der Waals surface area contributed by atoms with Crippen molar-refractivity contribution in [2.24, 2.45) is 0 Å². The van der Waals surface area contributed by atoms with E-state index in [1.165, 1.54) is 12.1 Å². The van der Waals surface area contributed by atoms with Crippen LogP contribution in [0, 0.1) is 0 Å². The quantitative estimate of drug-likeness (QED) is 0.331. The van der Waals surface area contributed by atoms with Gasteiger partial charge >= 0.3 is 17.2 Å². The number of esters is 2. The normalized spacial score (nSPS) is 11.6. The van der Waals surface area contributed by atoms with E-state index >= 15 is 0 Å². The minimum Gasteiger partial charge on any atom is -0.743 e. The molecule has 0 fully saturated rings. The van der Waals surface area contributed by atoms with Crippen molar-refractivity contribution in [3.63, 3.8) is 0 Å². The molecule has 0 aliphatic rings. The second-order valence-electron chi connectivity index (χ2n) is 3.82. The summed E-state index contributed by atoms with van der Waals surface area (Å²) in [7, 11) is -5.95. The molecular weight excluding hydrogens is 326 g/mol. The summed E-state index contributed by atoms with van der Waals surface area (Å²) in [6, 6.07) is 4.73. The Morgan fingerprint density at radius 2 is 2.00 bits per heavy atom. The maximum atomic E-state index is 12.8. The van der Waals surface area contributed by atoms with Gasteiger partial charge in [-0.3, -0.25) is 0 Å². The number of benzene rings is 1. The van der Waals surface area contributed by atoms with E-state index in [2.05, 4.69) is 11.3 Å². The van der Waals surface area contributed by atoms with Crippen LogP contribution in [0.3, 0.4) is 0 Å². The molecule has 0 atom stereocenters. The summed E-state index contributed by atoms with van der Waals surface area (Å²) in [5, 5.41) is -4.74. The van der Waals surface area contributed by atoms with Crippen LogP contribution >= 0.6 is 0 Å². The van der Waals surface area contributed by atoms with Crippen LogP contribution in [-0.4, -0.2) is 36.8 Å². The molecule has 0 aliphatic carbocycles. The molecular formula is C12H9F2O7S-. The van der Waals surface area contributed by atoms with Crippen LogP contribution in [-0.2, 0) is 19.6 Å². The highest BCUT2D eigenvalue weighted by Gasteiger charge is 2.39. The van der Waals surface area contributed by atoms with Crippen LogP contribution < -0.4 is 4.74 Å². The molecule has 0 saturated heterocycles. The second kappa shape index (κ2) is 6.62. The van der Waals surface area contributed by atoms with Crippen molar-refractivity contribution in [2.75, 3.05) is 6.61 Å². The van der Waals surface area contributed by atoms with Gasteiger partial charge in [0.05, 0.1) is 5.56 Å². The highest BCUT2D eigenvalue weighted by molar-refractivity contribution is 7.86. The highest BCUT2D eigenvalue weighted by atomic mass is 32.2. The third-order valence-corrected chi connectivity index (χ3v) is 3.04. The van der Waals surface area contributed by atoms with E-state index in [0.717, 1.165) is 18.2 Å². The van der Waals surface area contributed by atoms with Crippen molar-refractivity contribution in [3.8, 4) is 5.75 Å². The third kappa shape index (κ3) is 4.60. The van der Waals surface area contributed by atoms with Crippen LogP contribution in [0.1, 0.15) is 10.4 Å². The van der Waals surface area contributed by atoms with Crippen molar-refractivity contribution in [3.05, 3.63) is 42.5 Å². The standard InChI is InChI=1S/C12H10F2O7S/c1-2-10(15)21-9-5-3-4-8(6-9)11(16)20-7-12(13,14)22(17,18)19/h2-6H,1,7H2,(H,17,18,19)/p-1. The first-order valence-electron chi connectivity index (χ1n) is 5.51. The zero-order chi connectivity index (χ0) is 17.0. The zero-order valence-electron chi connectivity index (χ0n) is 10.8. The molecule has 0 heterocycles. The van der Waals surface area contributed by atoms with Gasteiger partial charge < -0.3 is 14.0 Å². The summed E-state index contributed by atoms with van der Waals surface area (Å²) >= 11 is 0. The van der Waals surface area contributed by atoms with Crippen LogP contribution in [0.4, 0.5) is 8.78 Å². The smallest absolute Gasteiger partial charge is 0.367 e. The molecule has 0 saturated carbocycles. The molecule has 0 amide bonds. The number of hydrogen-bond acceptors (Lipinski definition) is 7. The van der Waals surface area contributed by atoms with Crippen LogP contribution in [0.15, 0.2) is 36.9 Å². The topological polar surface area (TPSA) is 110 Å². The Labute approximate surface area is 123 Å². The highest BCUT2D eigenvalue weighted by Crippen LogP contribution is 2.21. The van der Waals surface area contributed by atoms with Gasteiger partial charge in [-0.25, -0.2) is 18.0 Å². The van der Waals surface area contributed by atoms with Gasteiger partial charge in [-0.15, -0.1) is 0 Å². The fourth-order valence-corrected chi connectivity index (χ4v) is 1.35.